The summed E-state index contributed by atoms with van der Waals surface area (Å²) < 4.78 is 27.2. The van der Waals surface area contributed by atoms with E-state index in [4.69, 9.17) is 0 Å². The maximum absolute atomic E-state index is 13.7. The van der Waals surface area contributed by atoms with Crippen molar-refractivity contribution in [1.29, 1.82) is 0 Å². The van der Waals surface area contributed by atoms with Crippen LogP contribution in [-0.2, 0) is 22.4 Å². The summed E-state index contributed by atoms with van der Waals surface area (Å²) >= 11 is 1.60. The molecule has 8 heteroatoms. The van der Waals surface area contributed by atoms with Gasteiger partial charge >= 0.3 is 0 Å². The molecule has 1 aromatic heterocycles. The number of hydrogen-bond donors (Lipinski definition) is 1. The zero-order valence-electron chi connectivity index (χ0n) is 17.4. The highest BCUT2D eigenvalue weighted by Crippen LogP contribution is 2.30. The molecule has 31 heavy (non-hydrogen) atoms. The van der Waals surface area contributed by atoms with Crippen molar-refractivity contribution < 1.29 is 18.4 Å². The Kier molecular flexibility index (Phi) is 6.97. The minimum absolute atomic E-state index is 0.0364. The number of rotatable bonds is 7. The number of halogens is 2. The lowest BCUT2D eigenvalue weighted by atomic mass is 10.0. The van der Waals surface area contributed by atoms with E-state index < -0.39 is 11.6 Å². The molecule has 0 bridgehead atoms. The van der Waals surface area contributed by atoms with Crippen LogP contribution < -0.4 is 10.2 Å². The van der Waals surface area contributed by atoms with E-state index in [1.54, 1.807) is 16.2 Å². The Labute approximate surface area is 185 Å². The Morgan fingerprint density at radius 2 is 1.90 bits per heavy atom. The predicted molar refractivity (Wildman–Crippen MR) is 117 cm³/mol. The fourth-order valence-corrected chi connectivity index (χ4v) is 5.09. The van der Waals surface area contributed by atoms with Gasteiger partial charge in [0.15, 0.2) is 11.6 Å². The molecule has 5 nitrogen and oxygen atoms in total. The van der Waals surface area contributed by atoms with Crippen LogP contribution in [0.25, 0.3) is 0 Å². The number of piperidine rings is 1. The van der Waals surface area contributed by atoms with Crippen LogP contribution in [0.15, 0.2) is 29.6 Å². The summed E-state index contributed by atoms with van der Waals surface area (Å²) in [6.45, 7) is 3.12. The van der Waals surface area contributed by atoms with Crippen molar-refractivity contribution in [3.8, 4) is 0 Å². The van der Waals surface area contributed by atoms with Gasteiger partial charge in [0.05, 0.1) is 6.42 Å². The molecule has 4 rings (SSSR count). The molecule has 0 unspecified atom stereocenters. The number of nitrogens with one attached hydrogen (secondary N) is 1. The van der Waals surface area contributed by atoms with Crippen molar-refractivity contribution in [2.75, 3.05) is 31.1 Å². The first-order chi connectivity index (χ1) is 15.0. The minimum atomic E-state index is -0.915. The largest absolute Gasteiger partial charge is 0.353 e. The molecule has 1 aromatic carbocycles. The van der Waals surface area contributed by atoms with Crippen molar-refractivity contribution in [3.63, 3.8) is 0 Å². The molecular weight excluding hydrogens is 420 g/mol. The van der Waals surface area contributed by atoms with E-state index in [1.807, 2.05) is 17.5 Å². The number of aryl methyl sites for hydroxylation is 1. The number of nitrogens with zero attached hydrogens (tertiary/aromatic N) is 2. The van der Waals surface area contributed by atoms with E-state index in [2.05, 4.69) is 10.2 Å². The number of fused-ring (bicyclic) bond motifs is 1. The Balaban J connectivity index is 1.21. The number of thiophene rings is 1. The Morgan fingerprint density at radius 1 is 1.13 bits per heavy atom. The summed E-state index contributed by atoms with van der Waals surface area (Å²) in [4.78, 5) is 29.5. The fourth-order valence-electron chi connectivity index (χ4n) is 4.39. The van der Waals surface area contributed by atoms with Gasteiger partial charge in [-0.2, -0.15) is 0 Å². The van der Waals surface area contributed by atoms with Crippen LogP contribution >= 0.6 is 11.3 Å². The van der Waals surface area contributed by atoms with Crippen LogP contribution in [-0.4, -0.2) is 48.9 Å². The summed E-state index contributed by atoms with van der Waals surface area (Å²) in [5.41, 5.74) is 1.19. The van der Waals surface area contributed by atoms with Crippen molar-refractivity contribution >= 4 is 28.8 Å². The molecule has 2 aliphatic rings. The van der Waals surface area contributed by atoms with E-state index >= 15 is 0 Å². The lowest BCUT2D eigenvalue weighted by Crippen LogP contribution is -2.45. The number of carbonyl (C=O) groups excluding carboxylic acids is 2. The first-order valence-corrected chi connectivity index (χ1v) is 11.7. The minimum Gasteiger partial charge on any atom is -0.353 e. The van der Waals surface area contributed by atoms with Gasteiger partial charge in [-0.1, -0.05) is 6.07 Å². The third kappa shape index (κ3) is 5.49. The molecule has 2 amide bonds. The van der Waals surface area contributed by atoms with Gasteiger partial charge in [-0.3, -0.25) is 9.59 Å². The number of carbonyl (C=O) groups is 2. The molecule has 3 heterocycles. The van der Waals surface area contributed by atoms with Gasteiger partial charge < -0.3 is 15.1 Å². The van der Waals surface area contributed by atoms with Gasteiger partial charge in [-0.25, -0.2) is 8.78 Å². The number of benzene rings is 1. The zero-order valence-corrected chi connectivity index (χ0v) is 18.2. The van der Waals surface area contributed by atoms with E-state index in [-0.39, 0.29) is 17.9 Å². The molecule has 0 saturated carbocycles. The summed E-state index contributed by atoms with van der Waals surface area (Å²) in [5.74, 6) is -1.74. The highest BCUT2D eigenvalue weighted by atomic mass is 32.1. The van der Waals surface area contributed by atoms with E-state index in [9.17, 15) is 18.4 Å². The van der Waals surface area contributed by atoms with E-state index in [1.165, 1.54) is 6.07 Å². The average molecular weight is 448 g/mol. The molecule has 0 radical (unpaired) electrons. The topological polar surface area (TPSA) is 52.7 Å². The maximum Gasteiger partial charge on any atom is 0.227 e. The smallest absolute Gasteiger partial charge is 0.227 e. The number of hydrogen-bond acceptors (Lipinski definition) is 4. The van der Waals surface area contributed by atoms with Crippen molar-refractivity contribution in [2.45, 2.75) is 44.6 Å². The molecule has 166 valence electrons. The lowest BCUT2D eigenvalue weighted by molar-refractivity contribution is -0.121. The highest BCUT2D eigenvalue weighted by molar-refractivity contribution is 7.10. The van der Waals surface area contributed by atoms with Crippen molar-refractivity contribution in [2.24, 2.45) is 0 Å². The van der Waals surface area contributed by atoms with E-state index in [0.29, 0.717) is 37.1 Å². The summed E-state index contributed by atoms with van der Waals surface area (Å²) in [6.07, 6.45) is 3.80. The Bertz CT molecular complexity index is 927. The highest BCUT2D eigenvalue weighted by Gasteiger charge is 2.26. The molecule has 2 aromatic rings. The van der Waals surface area contributed by atoms with E-state index in [0.717, 1.165) is 49.8 Å². The quantitative estimate of drug-likeness (QED) is 0.707. The van der Waals surface area contributed by atoms with Crippen LogP contribution in [0.5, 0.6) is 0 Å². The van der Waals surface area contributed by atoms with Gasteiger partial charge in [0, 0.05) is 48.7 Å². The average Bonchev–Trinajstić information content (AvgIpc) is 3.25. The number of amides is 2. The van der Waals surface area contributed by atoms with Gasteiger partial charge in [-0.15, -0.1) is 11.3 Å². The monoisotopic (exact) mass is 447 g/mol. The fraction of sp³-hybridized carbons (Fsp3) is 0.478. The van der Waals surface area contributed by atoms with Gasteiger partial charge in [-0.05, 0) is 55.3 Å². The summed E-state index contributed by atoms with van der Waals surface area (Å²) in [5, 5.41) is 5.11. The van der Waals surface area contributed by atoms with Crippen LogP contribution in [0.2, 0.25) is 0 Å². The zero-order chi connectivity index (χ0) is 21.8. The van der Waals surface area contributed by atoms with Crippen molar-refractivity contribution in [3.05, 3.63) is 51.7 Å². The van der Waals surface area contributed by atoms with Crippen LogP contribution in [0.1, 0.15) is 36.1 Å². The van der Waals surface area contributed by atoms with Crippen LogP contribution in [0.4, 0.5) is 14.5 Å². The third-order valence-corrected chi connectivity index (χ3v) is 6.92. The Hall–Kier alpha value is -2.32. The molecule has 1 saturated heterocycles. The second-order valence-electron chi connectivity index (χ2n) is 8.23. The van der Waals surface area contributed by atoms with Gasteiger partial charge in [0.1, 0.15) is 0 Å². The molecule has 0 spiro atoms. The normalized spacial score (nSPS) is 17.6. The van der Waals surface area contributed by atoms with Crippen LogP contribution in [0, 0.1) is 11.6 Å². The molecule has 0 atom stereocenters. The number of anilines is 1. The van der Waals surface area contributed by atoms with Gasteiger partial charge in [0.25, 0.3) is 0 Å². The molecule has 0 aliphatic carbocycles. The lowest BCUT2D eigenvalue weighted by Gasteiger charge is -2.34. The standard InChI is InChI=1S/C23H27F2N3O2S/c24-19-13-16-4-5-23(30)28(21(16)15-20(19)25)9-2-8-27-10-6-17(7-11-27)26-22(29)14-18-3-1-12-31-18/h1,3,12-13,15,17H,2,4-11,14H2,(H,26,29). The SMILES string of the molecule is O=C(Cc1cccs1)NC1CCN(CCCN2C(=O)CCc3cc(F)c(F)cc32)CC1. The third-order valence-electron chi connectivity index (χ3n) is 6.05. The molecule has 1 fully saturated rings. The summed E-state index contributed by atoms with van der Waals surface area (Å²) in [7, 11) is 0. The second kappa shape index (κ2) is 9.87. The predicted octanol–water partition coefficient (Wildman–Crippen LogP) is 3.52. The first kappa shape index (κ1) is 21.9. The molecule has 1 N–H and O–H groups in total. The second-order valence-corrected chi connectivity index (χ2v) is 9.27. The van der Waals surface area contributed by atoms with Gasteiger partial charge in [0.2, 0.25) is 11.8 Å². The molecule has 2 aliphatic heterocycles. The number of likely N-dealkylation sites (tertiary alicyclic amines) is 1. The first-order valence-electron chi connectivity index (χ1n) is 10.8. The van der Waals surface area contributed by atoms with Crippen molar-refractivity contribution in [1.82, 2.24) is 10.2 Å². The summed E-state index contributed by atoms with van der Waals surface area (Å²) in [6, 6.07) is 6.49. The van der Waals surface area contributed by atoms with Crippen LogP contribution in [0.3, 0.4) is 0 Å². The molecular formula is C23H27F2N3O2S. The Morgan fingerprint density at radius 3 is 2.65 bits per heavy atom. The maximum atomic E-state index is 13.7.